The third kappa shape index (κ3) is 2.97. The maximum Gasteiger partial charge on any atom is 0.0695 e. The van der Waals surface area contributed by atoms with Crippen molar-refractivity contribution in [2.75, 3.05) is 13.6 Å². The summed E-state index contributed by atoms with van der Waals surface area (Å²) in [5.74, 6) is 0.0501. The molecule has 0 heterocycles. The molecule has 0 aliphatic heterocycles. The first-order valence-electron chi connectivity index (χ1n) is 5.43. The minimum Gasteiger partial charge on any atom is -0.391 e. The number of aliphatic hydroxyl groups excluding tert-OH is 1. The molecule has 14 heavy (non-hydrogen) atoms. The van der Waals surface area contributed by atoms with Crippen LogP contribution in [0.1, 0.15) is 32.6 Å². The molecule has 1 fully saturated rings. The minimum atomic E-state index is -0.195. The van der Waals surface area contributed by atoms with E-state index in [2.05, 4.69) is 11.0 Å². The molecule has 3 unspecified atom stereocenters. The largest absolute Gasteiger partial charge is 0.391 e. The van der Waals surface area contributed by atoms with Crippen LogP contribution in [0.15, 0.2) is 0 Å². The van der Waals surface area contributed by atoms with Gasteiger partial charge in [-0.05, 0) is 26.8 Å². The van der Waals surface area contributed by atoms with Crippen LogP contribution in [0, 0.1) is 17.2 Å². The SMILES string of the molecule is CC(C#N)CN(C)C1CCCCC1O. The molecule has 0 amide bonds. The molecule has 0 spiro atoms. The first-order chi connectivity index (χ1) is 6.65. The first kappa shape index (κ1) is 11.5. The van der Waals surface area contributed by atoms with Crippen LogP contribution < -0.4 is 0 Å². The second-order valence-electron chi connectivity index (χ2n) is 4.39. The number of hydrogen-bond acceptors (Lipinski definition) is 3. The monoisotopic (exact) mass is 196 g/mol. The molecule has 0 aromatic heterocycles. The molecule has 80 valence electrons. The van der Waals surface area contributed by atoms with Gasteiger partial charge in [-0.25, -0.2) is 0 Å². The Bertz CT molecular complexity index is 212. The van der Waals surface area contributed by atoms with E-state index in [0.29, 0.717) is 0 Å². The standard InChI is InChI=1S/C11H20N2O/c1-9(7-12)8-13(2)10-5-3-4-6-11(10)14/h9-11,14H,3-6,8H2,1-2H3. The molecule has 3 atom stereocenters. The molecule has 1 aliphatic carbocycles. The van der Waals surface area contributed by atoms with Crippen LogP contribution in [0.3, 0.4) is 0 Å². The highest BCUT2D eigenvalue weighted by Crippen LogP contribution is 2.22. The third-order valence-electron chi connectivity index (χ3n) is 3.04. The van der Waals surface area contributed by atoms with E-state index in [1.807, 2.05) is 14.0 Å². The van der Waals surface area contributed by atoms with Crippen LogP contribution in [-0.2, 0) is 0 Å². The predicted molar refractivity (Wildman–Crippen MR) is 55.7 cm³/mol. The first-order valence-corrected chi connectivity index (χ1v) is 5.43. The van der Waals surface area contributed by atoms with Crippen molar-refractivity contribution in [3.63, 3.8) is 0 Å². The second-order valence-corrected chi connectivity index (χ2v) is 4.39. The normalized spacial score (nSPS) is 29.9. The fourth-order valence-corrected chi connectivity index (χ4v) is 2.21. The van der Waals surface area contributed by atoms with E-state index >= 15 is 0 Å². The Morgan fingerprint density at radius 3 is 2.71 bits per heavy atom. The average Bonchev–Trinajstić information content (AvgIpc) is 2.18. The zero-order valence-corrected chi connectivity index (χ0v) is 9.11. The van der Waals surface area contributed by atoms with E-state index in [9.17, 15) is 5.11 Å². The van der Waals surface area contributed by atoms with E-state index < -0.39 is 0 Å². The van der Waals surface area contributed by atoms with Gasteiger partial charge in [0, 0.05) is 12.6 Å². The van der Waals surface area contributed by atoms with Crippen LogP contribution in [-0.4, -0.2) is 35.7 Å². The Hall–Kier alpha value is -0.590. The molecule has 1 rings (SSSR count). The maximum atomic E-state index is 9.80. The molecule has 3 nitrogen and oxygen atoms in total. The molecular formula is C11H20N2O. The van der Waals surface area contributed by atoms with E-state index in [1.54, 1.807) is 0 Å². The van der Waals surface area contributed by atoms with Gasteiger partial charge in [0.05, 0.1) is 18.1 Å². The van der Waals surface area contributed by atoms with Crippen LogP contribution >= 0.6 is 0 Å². The molecular weight excluding hydrogens is 176 g/mol. The molecule has 0 saturated heterocycles. The van der Waals surface area contributed by atoms with Crippen molar-refractivity contribution in [3.05, 3.63) is 0 Å². The number of nitrogens with zero attached hydrogens (tertiary/aromatic N) is 2. The minimum absolute atomic E-state index is 0.0501. The summed E-state index contributed by atoms with van der Waals surface area (Å²) in [6.45, 7) is 2.68. The zero-order chi connectivity index (χ0) is 10.6. The topological polar surface area (TPSA) is 47.3 Å². The summed E-state index contributed by atoms with van der Waals surface area (Å²) in [5, 5.41) is 18.5. The highest BCUT2D eigenvalue weighted by molar-refractivity contribution is 4.86. The summed E-state index contributed by atoms with van der Waals surface area (Å²) < 4.78 is 0. The molecule has 1 aliphatic rings. The number of rotatable bonds is 3. The summed E-state index contributed by atoms with van der Waals surface area (Å²) in [7, 11) is 2.01. The molecule has 0 radical (unpaired) electrons. The van der Waals surface area contributed by atoms with Gasteiger partial charge < -0.3 is 5.11 Å². The average molecular weight is 196 g/mol. The van der Waals surface area contributed by atoms with E-state index in [4.69, 9.17) is 5.26 Å². The predicted octanol–water partition coefficient (Wildman–Crippen LogP) is 1.38. The fourth-order valence-electron chi connectivity index (χ4n) is 2.21. The van der Waals surface area contributed by atoms with Crippen LogP contribution in [0.4, 0.5) is 0 Å². The van der Waals surface area contributed by atoms with Crippen molar-refractivity contribution < 1.29 is 5.11 Å². The highest BCUT2D eigenvalue weighted by Gasteiger charge is 2.26. The lowest BCUT2D eigenvalue weighted by molar-refractivity contribution is 0.0293. The van der Waals surface area contributed by atoms with Gasteiger partial charge in [0.2, 0.25) is 0 Å². The molecule has 1 saturated carbocycles. The maximum absolute atomic E-state index is 9.80. The third-order valence-corrected chi connectivity index (χ3v) is 3.04. The summed E-state index contributed by atoms with van der Waals surface area (Å²) >= 11 is 0. The quantitative estimate of drug-likeness (QED) is 0.742. The molecule has 0 aromatic rings. The Labute approximate surface area is 86.3 Å². The molecule has 3 heteroatoms. The van der Waals surface area contributed by atoms with E-state index in [0.717, 1.165) is 25.8 Å². The van der Waals surface area contributed by atoms with Crippen molar-refractivity contribution in [2.45, 2.75) is 44.8 Å². The van der Waals surface area contributed by atoms with Gasteiger partial charge in [-0.15, -0.1) is 0 Å². The van der Waals surface area contributed by atoms with Crippen molar-refractivity contribution in [2.24, 2.45) is 5.92 Å². The summed E-state index contributed by atoms with van der Waals surface area (Å²) in [4.78, 5) is 2.14. The van der Waals surface area contributed by atoms with Gasteiger partial charge in [-0.1, -0.05) is 12.8 Å². The van der Waals surface area contributed by atoms with Crippen molar-refractivity contribution in [3.8, 4) is 6.07 Å². The van der Waals surface area contributed by atoms with Gasteiger partial charge in [0.1, 0.15) is 0 Å². The van der Waals surface area contributed by atoms with Gasteiger partial charge in [0.15, 0.2) is 0 Å². The lowest BCUT2D eigenvalue weighted by atomic mass is 9.91. The van der Waals surface area contributed by atoms with Crippen LogP contribution in [0.2, 0.25) is 0 Å². The fraction of sp³-hybridized carbons (Fsp3) is 0.909. The Balaban J connectivity index is 2.42. The Morgan fingerprint density at radius 2 is 2.14 bits per heavy atom. The van der Waals surface area contributed by atoms with Crippen molar-refractivity contribution in [1.29, 1.82) is 5.26 Å². The van der Waals surface area contributed by atoms with Gasteiger partial charge in [-0.3, -0.25) is 4.90 Å². The van der Waals surface area contributed by atoms with Crippen LogP contribution in [0.25, 0.3) is 0 Å². The number of likely N-dealkylation sites (N-methyl/N-ethyl adjacent to an activating group) is 1. The number of hydrogen-bond donors (Lipinski definition) is 1. The Morgan fingerprint density at radius 1 is 1.50 bits per heavy atom. The smallest absolute Gasteiger partial charge is 0.0695 e. The zero-order valence-electron chi connectivity index (χ0n) is 9.11. The highest BCUT2D eigenvalue weighted by atomic mass is 16.3. The lowest BCUT2D eigenvalue weighted by Crippen LogP contribution is -2.44. The molecule has 1 N–H and O–H groups in total. The summed E-state index contributed by atoms with van der Waals surface area (Å²) in [6, 6.07) is 2.49. The van der Waals surface area contributed by atoms with Gasteiger partial charge in [0.25, 0.3) is 0 Å². The van der Waals surface area contributed by atoms with Crippen molar-refractivity contribution in [1.82, 2.24) is 4.90 Å². The van der Waals surface area contributed by atoms with Crippen LogP contribution in [0.5, 0.6) is 0 Å². The lowest BCUT2D eigenvalue weighted by Gasteiger charge is -2.35. The number of nitriles is 1. The molecule has 0 bridgehead atoms. The summed E-state index contributed by atoms with van der Waals surface area (Å²) in [6.07, 6.45) is 4.12. The van der Waals surface area contributed by atoms with E-state index in [-0.39, 0.29) is 18.1 Å². The Kier molecular flexibility index (Phi) is 4.37. The number of aliphatic hydroxyl groups is 1. The second kappa shape index (κ2) is 5.33. The summed E-state index contributed by atoms with van der Waals surface area (Å²) in [5.41, 5.74) is 0. The molecule has 0 aromatic carbocycles. The van der Waals surface area contributed by atoms with Crippen molar-refractivity contribution >= 4 is 0 Å². The van der Waals surface area contributed by atoms with E-state index in [1.165, 1.54) is 6.42 Å². The van der Waals surface area contributed by atoms with Gasteiger partial charge in [-0.2, -0.15) is 5.26 Å². The van der Waals surface area contributed by atoms with Gasteiger partial charge >= 0.3 is 0 Å².